The van der Waals surface area contributed by atoms with Crippen molar-refractivity contribution in [2.75, 3.05) is 32.7 Å². The zero-order valence-electron chi connectivity index (χ0n) is 18.7. The number of carbonyl (C=O) groups is 2. The Morgan fingerprint density at radius 3 is 2.38 bits per heavy atom. The normalized spacial score (nSPS) is 20.1. The molecular weight excluding hydrogens is 443 g/mol. The number of Topliss-reactive ketones (excluding diaryl/α,β-unsaturated/α-hetero) is 1. The van der Waals surface area contributed by atoms with Crippen LogP contribution in [0.3, 0.4) is 0 Å². The van der Waals surface area contributed by atoms with Gasteiger partial charge in [-0.3, -0.25) is 9.69 Å². The van der Waals surface area contributed by atoms with Gasteiger partial charge in [0.15, 0.2) is 0 Å². The molecule has 3 rings (SSSR count). The lowest BCUT2D eigenvalue weighted by molar-refractivity contribution is -0.143. The number of hydrogen-bond donors (Lipinski definition) is 0. The molecule has 9 heteroatoms. The van der Waals surface area contributed by atoms with Crippen molar-refractivity contribution in [2.24, 2.45) is 0 Å². The average molecular weight is 474 g/mol. The minimum absolute atomic E-state index is 0.0516. The first-order valence-corrected chi connectivity index (χ1v) is 11.6. The predicted molar refractivity (Wildman–Crippen MR) is 118 cm³/mol. The molecule has 32 heavy (non-hydrogen) atoms. The molecule has 1 atom stereocenters. The number of carbonyl (C=O) groups excluding carboxylic acids is 2. The summed E-state index contributed by atoms with van der Waals surface area (Å²) in [5, 5.41) is 0.472. The highest BCUT2D eigenvalue weighted by Gasteiger charge is 2.32. The van der Waals surface area contributed by atoms with E-state index >= 15 is 0 Å². The van der Waals surface area contributed by atoms with E-state index in [1.54, 1.807) is 6.07 Å². The number of hydrogen-bond acceptors (Lipinski definition) is 3. The Morgan fingerprint density at radius 1 is 1.09 bits per heavy atom. The van der Waals surface area contributed by atoms with Crippen LogP contribution >= 0.6 is 11.6 Å². The molecule has 0 aromatic heterocycles. The second kappa shape index (κ2) is 10.4. The van der Waals surface area contributed by atoms with E-state index < -0.39 is 24.8 Å². The SMILES string of the molecule is Cc1c(CC(=O)CCC(F)(F)F)cc(Cl)cc1CN1CCN(C(=O)N2CCCC2)[C@@H](C)C1. The molecule has 178 valence electrons. The number of halogens is 4. The summed E-state index contributed by atoms with van der Waals surface area (Å²) in [5.41, 5.74) is 2.52. The summed E-state index contributed by atoms with van der Waals surface area (Å²) in [4.78, 5) is 31.0. The largest absolute Gasteiger partial charge is 0.389 e. The van der Waals surface area contributed by atoms with Gasteiger partial charge < -0.3 is 9.80 Å². The van der Waals surface area contributed by atoms with Crippen LogP contribution in [0.2, 0.25) is 5.02 Å². The van der Waals surface area contributed by atoms with Gasteiger partial charge in [-0.1, -0.05) is 11.6 Å². The van der Waals surface area contributed by atoms with Crippen LogP contribution in [0, 0.1) is 6.92 Å². The molecule has 0 radical (unpaired) electrons. The highest BCUT2D eigenvalue weighted by atomic mass is 35.5. The van der Waals surface area contributed by atoms with Gasteiger partial charge in [0, 0.05) is 63.2 Å². The average Bonchev–Trinajstić information content (AvgIpc) is 3.24. The van der Waals surface area contributed by atoms with E-state index in [-0.39, 0.29) is 18.5 Å². The molecule has 0 bridgehead atoms. The summed E-state index contributed by atoms with van der Waals surface area (Å²) in [6.45, 7) is 8.33. The summed E-state index contributed by atoms with van der Waals surface area (Å²) >= 11 is 6.27. The fraction of sp³-hybridized carbons (Fsp3) is 0.652. The van der Waals surface area contributed by atoms with E-state index in [2.05, 4.69) is 11.8 Å². The van der Waals surface area contributed by atoms with Crippen molar-refractivity contribution < 1.29 is 22.8 Å². The molecule has 2 saturated heterocycles. The molecule has 2 fully saturated rings. The molecule has 2 amide bonds. The van der Waals surface area contributed by atoms with E-state index in [0.29, 0.717) is 23.7 Å². The van der Waals surface area contributed by atoms with Crippen molar-refractivity contribution in [2.45, 2.75) is 64.7 Å². The summed E-state index contributed by atoms with van der Waals surface area (Å²) in [6, 6.07) is 3.72. The van der Waals surface area contributed by atoms with Crippen molar-refractivity contribution in [3.8, 4) is 0 Å². The Hall–Kier alpha value is -1.80. The van der Waals surface area contributed by atoms with E-state index in [0.717, 1.165) is 50.1 Å². The number of ketones is 1. The number of urea groups is 1. The van der Waals surface area contributed by atoms with Crippen molar-refractivity contribution >= 4 is 23.4 Å². The van der Waals surface area contributed by atoms with Crippen LogP contribution < -0.4 is 0 Å². The lowest BCUT2D eigenvalue weighted by atomic mass is 9.96. The van der Waals surface area contributed by atoms with Crippen molar-refractivity contribution in [1.29, 1.82) is 0 Å². The van der Waals surface area contributed by atoms with Crippen LogP contribution in [-0.4, -0.2) is 71.5 Å². The fourth-order valence-corrected chi connectivity index (χ4v) is 4.78. The molecule has 2 aliphatic rings. The zero-order chi connectivity index (χ0) is 23.5. The Morgan fingerprint density at radius 2 is 1.75 bits per heavy atom. The van der Waals surface area contributed by atoms with E-state index in [1.165, 1.54) is 0 Å². The maximum Gasteiger partial charge on any atom is 0.389 e. The lowest BCUT2D eigenvalue weighted by Gasteiger charge is -2.41. The predicted octanol–water partition coefficient (Wildman–Crippen LogP) is 4.82. The summed E-state index contributed by atoms with van der Waals surface area (Å²) < 4.78 is 37.2. The first kappa shape index (κ1) is 24.8. The van der Waals surface area contributed by atoms with E-state index in [4.69, 9.17) is 11.6 Å². The van der Waals surface area contributed by atoms with Crippen LogP contribution in [0.1, 0.15) is 49.3 Å². The Bertz CT molecular complexity index is 841. The first-order chi connectivity index (χ1) is 15.0. The Kier molecular flexibility index (Phi) is 8.09. The van der Waals surface area contributed by atoms with Gasteiger partial charge in [-0.2, -0.15) is 13.2 Å². The molecule has 5 nitrogen and oxygen atoms in total. The molecule has 1 aromatic rings. The van der Waals surface area contributed by atoms with E-state index in [1.807, 2.05) is 22.8 Å². The molecule has 1 aromatic carbocycles. The maximum atomic E-state index is 12.8. The van der Waals surface area contributed by atoms with Gasteiger partial charge in [0.25, 0.3) is 0 Å². The van der Waals surface area contributed by atoms with Gasteiger partial charge in [0.05, 0.1) is 6.42 Å². The number of piperazine rings is 1. The molecule has 0 spiro atoms. The number of rotatable bonds is 6. The topological polar surface area (TPSA) is 43.9 Å². The molecule has 2 heterocycles. The number of likely N-dealkylation sites (tertiary alicyclic amines) is 1. The van der Waals surface area contributed by atoms with Crippen LogP contribution in [0.5, 0.6) is 0 Å². The molecule has 0 aliphatic carbocycles. The standard InChI is InChI=1S/C23H31ClF3N3O2/c1-16-14-28(9-10-30(16)22(32)29-7-3-4-8-29)15-19-12-20(24)11-18(17(19)2)13-21(31)5-6-23(25,26)27/h11-12,16H,3-10,13-15H2,1-2H3/t16-/m0/s1. The molecule has 0 unspecified atom stereocenters. The minimum Gasteiger partial charge on any atom is -0.325 e. The van der Waals surface area contributed by atoms with Gasteiger partial charge >= 0.3 is 12.2 Å². The lowest BCUT2D eigenvalue weighted by Crippen LogP contribution is -2.56. The molecule has 0 N–H and O–H groups in total. The molecule has 2 aliphatic heterocycles. The third kappa shape index (κ3) is 6.61. The van der Waals surface area contributed by atoms with Crippen LogP contribution in [0.25, 0.3) is 0 Å². The van der Waals surface area contributed by atoms with Gasteiger partial charge in [0.1, 0.15) is 5.78 Å². The fourth-order valence-electron chi connectivity index (χ4n) is 4.52. The number of amides is 2. The summed E-state index contributed by atoms with van der Waals surface area (Å²) in [6.07, 6.45) is -3.88. The highest BCUT2D eigenvalue weighted by molar-refractivity contribution is 6.30. The maximum absolute atomic E-state index is 12.8. The van der Waals surface area contributed by atoms with Gasteiger partial charge in [-0.15, -0.1) is 0 Å². The van der Waals surface area contributed by atoms with Crippen molar-refractivity contribution in [1.82, 2.24) is 14.7 Å². The summed E-state index contributed by atoms with van der Waals surface area (Å²) in [5.74, 6) is -0.443. The Labute approximate surface area is 192 Å². The van der Waals surface area contributed by atoms with Crippen molar-refractivity contribution in [3.63, 3.8) is 0 Å². The zero-order valence-corrected chi connectivity index (χ0v) is 19.4. The van der Waals surface area contributed by atoms with Gasteiger partial charge in [-0.25, -0.2) is 4.79 Å². The van der Waals surface area contributed by atoms with Gasteiger partial charge in [-0.05, 0) is 55.5 Å². The Balaban J connectivity index is 1.61. The number of alkyl halides is 3. The van der Waals surface area contributed by atoms with E-state index in [9.17, 15) is 22.8 Å². The number of nitrogens with zero attached hydrogens (tertiary/aromatic N) is 3. The van der Waals surface area contributed by atoms with Crippen LogP contribution in [0.15, 0.2) is 12.1 Å². The highest BCUT2D eigenvalue weighted by Crippen LogP contribution is 2.26. The molecular formula is C23H31ClF3N3O2. The smallest absolute Gasteiger partial charge is 0.325 e. The molecule has 0 saturated carbocycles. The monoisotopic (exact) mass is 473 g/mol. The van der Waals surface area contributed by atoms with Crippen molar-refractivity contribution in [3.05, 3.63) is 33.8 Å². The quantitative estimate of drug-likeness (QED) is 0.594. The number of benzene rings is 1. The minimum atomic E-state index is -4.33. The second-order valence-corrected chi connectivity index (χ2v) is 9.37. The van der Waals surface area contributed by atoms with Crippen LogP contribution in [0.4, 0.5) is 18.0 Å². The summed E-state index contributed by atoms with van der Waals surface area (Å²) in [7, 11) is 0. The van der Waals surface area contributed by atoms with Gasteiger partial charge in [0.2, 0.25) is 0 Å². The first-order valence-electron chi connectivity index (χ1n) is 11.2. The second-order valence-electron chi connectivity index (χ2n) is 8.93. The third-order valence-corrected chi connectivity index (χ3v) is 6.61. The van der Waals surface area contributed by atoms with Crippen LogP contribution in [-0.2, 0) is 17.8 Å². The third-order valence-electron chi connectivity index (χ3n) is 6.39.